The second kappa shape index (κ2) is 9.70. The van der Waals surface area contributed by atoms with E-state index in [2.05, 4.69) is 35.1 Å². The molecule has 0 aliphatic carbocycles. The van der Waals surface area contributed by atoms with Gasteiger partial charge in [-0.1, -0.05) is 6.08 Å². The second-order valence-corrected chi connectivity index (χ2v) is 8.44. The highest BCUT2D eigenvalue weighted by molar-refractivity contribution is 5.85. The van der Waals surface area contributed by atoms with Crippen molar-refractivity contribution in [2.75, 3.05) is 18.6 Å². The molecule has 0 fully saturated rings. The maximum atomic E-state index is 11.0. The number of carboxylic acids is 1. The minimum Gasteiger partial charge on any atom is -0.494 e. The number of methoxy groups -OCH3 is 1. The number of azo groups is 1. The second-order valence-electron chi connectivity index (χ2n) is 8.44. The van der Waals surface area contributed by atoms with Gasteiger partial charge < -0.3 is 14.7 Å². The van der Waals surface area contributed by atoms with E-state index in [4.69, 9.17) is 9.84 Å². The van der Waals surface area contributed by atoms with Gasteiger partial charge in [0.15, 0.2) is 0 Å². The average molecular weight is 463 g/mol. The normalized spacial score (nSPS) is 14.3. The first-order valence-corrected chi connectivity index (χ1v) is 10.6. The summed E-state index contributed by atoms with van der Waals surface area (Å²) in [6.45, 7) is 6.68. The number of benzene rings is 2. The van der Waals surface area contributed by atoms with E-state index in [-0.39, 0.29) is 28.9 Å². The van der Waals surface area contributed by atoms with Crippen LogP contribution < -0.4 is 9.64 Å². The van der Waals surface area contributed by atoms with Crippen LogP contribution in [0.25, 0.3) is 5.57 Å². The third-order valence-corrected chi connectivity index (χ3v) is 5.63. The number of allylic oxidation sites excluding steroid dienone is 1. The van der Waals surface area contributed by atoms with E-state index in [1.54, 1.807) is 0 Å². The number of hydrogen-bond donors (Lipinski definition) is 1. The van der Waals surface area contributed by atoms with Crippen LogP contribution >= 0.6 is 0 Å². The lowest BCUT2D eigenvalue weighted by atomic mass is 9.88. The van der Waals surface area contributed by atoms with Crippen molar-refractivity contribution in [1.29, 1.82) is 5.26 Å². The lowest BCUT2D eigenvalue weighted by molar-refractivity contribution is -0.384. The monoisotopic (exact) mass is 463 g/mol. The Bertz CT molecular complexity index is 1240. The molecule has 2 aromatic rings. The van der Waals surface area contributed by atoms with Crippen LogP contribution in [-0.4, -0.2) is 35.2 Å². The van der Waals surface area contributed by atoms with Gasteiger partial charge in [-0.05, 0) is 44.9 Å². The van der Waals surface area contributed by atoms with Crippen molar-refractivity contribution in [2.45, 2.75) is 39.2 Å². The topological polar surface area (TPSA) is 141 Å². The van der Waals surface area contributed by atoms with Gasteiger partial charge in [-0.2, -0.15) is 5.26 Å². The number of ether oxygens (including phenoxy) is 1. The molecule has 2 aromatic carbocycles. The highest BCUT2D eigenvalue weighted by Gasteiger charge is 2.32. The molecule has 34 heavy (non-hydrogen) atoms. The SMILES string of the molecule is COc1cc2c(cc1/N=N/c1ccc([N+](=O)[O-])cc1C#N)C(C)=CC(C)(C)N2CCCC(=O)O. The molecule has 0 spiro atoms. The molecule has 0 radical (unpaired) electrons. The van der Waals surface area contributed by atoms with Gasteiger partial charge in [0, 0.05) is 42.4 Å². The Hall–Kier alpha value is -4.26. The smallest absolute Gasteiger partial charge is 0.303 e. The lowest BCUT2D eigenvalue weighted by Gasteiger charge is -2.43. The van der Waals surface area contributed by atoms with Crippen molar-refractivity contribution < 1.29 is 19.6 Å². The fourth-order valence-electron chi connectivity index (χ4n) is 4.05. The Labute approximate surface area is 196 Å². The van der Waals surface area contributed by atoms with Crippen molar-refractivity contribution in [1.82, 2.24) is 0 Å². The van der Waals surface area contributed by atoms with E-state index >= 15 is 0 Å². The summed E-state index contributed by atoms with van der Waals surface area (Å²) >= 11 is 0. The first kappa shape index (κ1) is 24.4. The molecule has 10 nitrogen and oxygen atoms in total. The summed E-state index contributed by atoms with van der Waals surface area (Å²) in [6.07, 6.45) is 2.68. The van der Waals surface area contributed by atoms with Crippen molar-refractivity contribution in [2.24, 2.45) is 10.2 Å². The van der Waals surface area contributed by atoms with Crippen LogP contribution in [0.15, 0.2) is 46.6 Å². The maximum Gasteiger partial charge on any atom is 0.303 e. The van der Waals surface area contributed by atoms with Crippen molar-refractivity contribution in [3.05, 3.63) is 57.6 Å². The number of rotatable bonds is 8. The Morgan fingerprint density at radius 3 is 2.59 bits per heavy atom. The van der Waals surface area contributed by atoms with Gasteiger partial charge in [0.25, 0.3) is 5.69 Å². The van der Waals surface area contributed by atoms with Gasteiger partial charge in [0.05, 0.1) is 23.1 Å². The molecule has 1 aliphatic heterocycles. The molecule has 0 amide bonds. The van der Waals surface area contributed by atoms with E-state index in [0.717, 1.165) is 22.9 Å². The number of nitro groups is 1. The summed E-state index contributed by atoms with van der Waals surface area (Å²) < 4.78 is 5.55. The van der Waals surface area contributed by atoms with Crippen molar-refractivity contribution in [3.63, 3.8) is 0 Å². The third kappa shape index (κ3) is 5.04. The van der Waals surface area contributed by atoms with Crippen LogP contribution in [0.3, 0.4) is 0 Å². The van der Waals surface area contributed by atoms with Gasteiger partial charge in [0.2, 0.25) is 0 Å². The summed E-state index contributed by atoms with van der Waals surface area (Å²) in [4.78, 5) is 23.5. The molecule has 1 aliphatic rings. The van der Waals surface area contributed by atoms with Gasteiger partial charge in [-0.3, -0.25) is 14.9 Å². The zero-order chi connectivity index (χ0) is 25.0. The maximum absolute atomic E-state index is 11.0. The van der Waals surface area contributed by atoms with Crippen molar-refractivity contribution in [3.8, 4) is 11.8 Å². The third-order valence-electron chi connectivity index (χ3n) is 5.63. The number of hydrogen-bond acceptors (Lipinski definition) is 8. The number of nitro benzene ring substituents is 1. The first-order chi connectivity index (χ1) is 16.1. The summed E-state index contributed by atoms with van der Waals surface area (Å²) in [5, 5.41) is 37.8. The number of anilines is 1. The first-order valence-electron chi connectivity index (χ1n) is 10.6. The summed E-state index contributed by atoms with van der Waals surface area (Å²) in [6, 6.07) is 9.39. The molecule has 10 heteroatoms. The molecule has 176 valence electrons. The highest BCUT2D eigenvalue weighted by atomic mass is 16.6. The molecule has 0 bridgehead atoms. The zero-order valence-corrected chi connectivity index (χ0v) is 19.4. The van der Waals surface area contributed by atoms with Crippen LogP contribution in [0.1, 0.15) is 44.7 Å². The molecule has 0 aromatic heterocycles. The predicted octanol–water partition coefficient (Wildman–Crippen LogP) is 5.76. The van der Waals surface area contributed by atoms with Crippen LogP contribution in [0.4, 0.5) is 22.7 Å². The van der Waals surface area contributed by atoms with Gasteiger partial charge >= 0.3 is 5.97 Å². The van der Waals surface area contributed by atoms with E-state index in [1.165, 1.54) is 19.2 Å². The van der Waals surface area contributed by atoms with E-state index in [9.17, 15) is 20.2 Å². The lowest BCUT2D eigenvalue weighted by Crippen LogP contribution is -2.45. The number of nitriles is 1. The molecule has 1 N–H and O–H groups in total. The van der Waals surface area contributed by atoms with Gasteiger partial charge in [0.1, 0.15) is 23.2 Å². The fraction of sp³-hybridized carbons (Fsp3) is 0.333. The Balaban J connectivity index is 2.02. The minimum absolute atomic E-state index is 0.0392. The number of non-ortho nitro benzene ring substituents is 1. The Morgan fingerprint density at radius 1 is 1.26 bits per heavy atom. The minimum atomic E-state index is -0.835. The van der Waals surface area contributed by atoms with Crippen molar-refractivity contribution >= 4 is 34.3 Å². The quantitative estimate of drug-likeness (QED) is 0.298. The molecule has 0 unspecified atom stereocenters. The zero-order valence-electron chi connectivity index (χ0n) is 19.4. The molecular formula is C24H25N5O5. The summed E-state index contributed by atoms with van der Waals surface area (Å²) in [5.41, 5.74) is 2.99. The van der Waals surface area contributed by atoms with Crippen LogP contribution in [0, 0.1) is 21.4 Å². The van der Waals surface area contributed by atoms with Crippen LogP contribution in [0.2, 0.25) is 0 Å². The van der Waals surface area contributed by atoms with Gasteiger partial charge in [-0.25, -0.2) is 0 Å². The summed E-state index contributed by atoms with van der Waals surface area (Å²) in [7, 11) is 1.51. The number of carboxylic acid groups (broad SMARTS) is 1. The van der Waals surface area contributed by atoms with Crippen LogP contribution in [-0.2, 0) is 4.79 Å². The average Bonchev–Trinajstić information content (AvgIpc) is 2.78. The Morgan fingerprint density at radius 2 is 1.97 bits per heavy atom. The fourth-order valence-corrected chi connectivity index (χ4v) is 4.05. The van der Waals surface area contributed by atoms with Crippen LogP contribution in [0.5, 0.6) is 5.75 Å². The molecule has 3 rings (SSSR count). The van der Waals surface area contributed by atoms with E-state index in [0.29, 0.717) is 24.4 Å². The number of carbonyl (C=O) groups is 1. The number of fused-ring (bicyclic) bond motifs is 1. The van der Waals surface area contributed by atoms with E-state index < -0.39 is 10.9 Å². The number of nitrogens with zero attached hydrogens (tertiary/aromatic N) is 5. The largest absolute Gasteiger partial charge is 0.494 e. The standard InChI is InChI=1S/C24H25N5O5/c1-15-13-24(2,3)28(9-5-6-23(30)31)21-12-22(34-4)20(11-18(15)21)27-26-19-8-7-17(29(32)33)10-16(19)14-25/h7-8,10-13H,5-6,9H2,1-4H3,(H,30,31)/b27-26+. The molecular weight excluding hydrogens is 438 g/mol. The molecule has 1 heterocycles. The molecule has 0 atom stereocenters. The molecule has 0 saturated carbocycles. The Kier molecular flexibility index (Phi) is 6.96. The predicted molar refractivity (Wildman–Crippen MR) is 127 cm³/mol. The number of aliphatic carboxylic acids is 1. The van der Waals surface area contributed by atoms with E-state index in [1.807, 2.05) is 25.1 Å². The molecule has 0 saturated heterocycles. The highest BCUT2D eigenvalue weighted by Crippen LogP contribution is 2.45. The summed E-state index contributed by atoms with van der Waals surface area (Å²) in [5.74, 6) is -0.380. The van der Waals surface area contributed by atoms with Gasteiger partial charge in [-0.15, -0.1) is 10.2 Å².